The normalized spacial score (nSPS) is 13.9. The van der Waals surface area contributed by atoms with E-state index in [1.165, 1.54) is 17.7 Å². The fourth-order valence-electron chi connectivity index (χ4n) is 4.87. The first-order chi connectivity index (χ1) is 25.6. The fraction of sp³-hybridized carbons (Fsp3) is 0.658. The van der Waals surface area contributed by atoms with Crippen molar-refractivity contribution in [2.45, 2.75) is 53.0 Å². The van der Waals surface area contributed by atoms with Crippen LogP contribution in [0.15, 0.2) is 36.4 Å². The molecular formula is C38H59N3O12. The maximum atomic E-state index is 13.0. The van der Waals surface area contributed by atoms with E-state index in [1.807, 2.05) is 38.1 Å². The molecule has 1 aliphatic heterocycles. The van der Waals surface area contributed by atoms with Crippen molar-refractivity contribution in [1.82, 2.24) is 10.2 Å². The molecule has 0 aromatic heterocycles. The fourth-order valence-corrected chi connectivity index (χ4v) is 4.87. The van der Waals surface area contributed by atoms with Gasteiger partial charge in [-0.1, -0.05) is 39.8 Å². The Hall–Kier alpha value is -3.57. The molecule has 0 spiro atoms. The number of hydrogen-bond donors (Lipinski definition) is 2. The molecule has 0 saturated heterocycles. The van der Waals surface area contributed by atoms with Gasteiger partial charge in [-0.2, -0.15) is 0 Å². The van der Waals surface area contributed by atoms with Gasteiger partial charge in [-0.05, 0) is 30.0 Å². The summed E-state index contributed by atoms with van der Waals surface area (Å²) in [5.74, 6) is -2.02. The van der Waals surface area contributed by atoms with Crippen LogP contribution in [0.5, 0.6) is 0 Å². The third kappa shape index (κ3) is 20.5. The highest BCUT2D eigenvalue weighted by Gasteiger charge is 2.27. The average molecular weight is 750 g/mol. The minimum absolute atomic E-state index is 0.0230. The summed E-state index contributed by atoms with van der Waals surface area (Å²) in [6.45, 7) is 12.9. The third-order valence-corrected chi connectivity index (χ3v) is 7.98. The number of nitrogens with one attached hydrogen (secondary N) is 2. The van der Waals surface area contributed by atoms with Gasteiger partial charge in [-0.15, -0.1) is 0 Å². The molecule has 0 bridgehead atoms. The van der Waals surface area contributed by atoms with Crippen molar-refractivity contribution in [3.8, 4) is 0 Å². The zero-order valence-electron chi connectivity index (χ0n) is 31.8. The summed E-state index contributed by atoms with van der Waals surface area (Å²) in [6, 6.07) is 6.93. The molecule has 0 fully saturated rings. The van der Waals surface area contributed by atoms with Crippen molar-refractivity contribution in [3.05, 3.63) is 42.0 Å². The number of amides is 4. The Labute approximate surface area is 313 Å². The number of anilines is 1. The molecule has 2 atom stereocenters. The SMILES string of the molecule is CCc1ccc(NC(=O)[C@H](C)CC(=O)[C@@H](NC(=O)CCOCCOCCOCCOCCOCCOCCOCCN2C(=O)C=CC2=O)C(C)C)cc1. The number of carbonyl (C=O) groups is 5. The van der Waals surface area contributed by atoms with E-state index in [1.54, 1.807) is 6.92 Å². The quantitative estimate of drug-likeness (QED) is 0.0814. The van der Waals surface area contributed by atoms with E-state index in [0.29, 0.717) is 85.0 Å². The Morgan fingerprint density at radius 3 is 1.51 bits per heavy atom. The van der Waals surface area contributed by atoms with Crippen LogP contribution in [-0.4, -0.2) is 139 Å². The van der Waals surface area contributed by atoms with Crippen LogP contribution in [0.2, 0.25) is 0 Å². The number of nitrogens with zero attached hydrogens (tertiary/aromatic N) is 1. The number of aryl methyl sites for hydroxylation is 1. The number of ketones is 1. The predicted molar refractivity (Wildman–Crippen MR) is 196 cm³/mol. The van der Waals surface area contributed by atoms with Gasteiger partial charge in [-0.3, -0.25) is 28.9 Å². The third-order valence-electron chi connectivity index (χ3n) is 7.98. The monoisotopic (exact) mass is 749 g/mol. The minimum atomic E-state index is -0.687. The predicted octanol–water partition coefficient (Wildman–Crippen LogP) is 2.35. The van der Waals surface area contributed by atoms with Crippen molar-refractivity contribution >= 4 is 35.1 Å². The van der Waals surface area contributed by atoms with Gasteiger partial charge < -0.3 is 43.8 Å². The molecule has 0 radical (unpaired) electrons. The molecule has 298 valence electrons. The van der Waals surface area contributed by atoms with Gasteiger partial charge >= 0.3 is 0 Å². The van der Waals surface area contributed by atoms with E-state index < -0.39 is 12.0 Å². The van der Waals surface area contributed by atoms with E-state index in [0.717, 1.165) is 11.3 Å². The highest BCUT2D eigenvalue weighted by atomic mass is 16.6. The van der Waals surface area contributed by atoms with Gasteiger partial charge in [0.15, 0.2) is 5.78 Å². The summed E-state index contributed by atoms with van der Waals surface area (Å²) < 4.78 is 38.1. The lowest BCUT2D eigenvalue weighted by molar-refractivity contribution is -0.137. The number of imide groups is 1. The van der Waals surface area contributed by atoms with Crippen LogP contribution in [-0.2, 0) is 63.6 Å². The van der Waals surface area contributed by atoms with Crippen LogP contribution >= 0.6 is 0 Å². The van der Waals surface area contributed by atoms with E-state index >= 15 is 0 Å². The Balaban J connectivity index is 1.35. The largest absolute Gasteiger partial charge is 0.379 e. The zero-order chi connectivity index (χ0) is 38.7. The van der Waals surface area contributed by atoms with Crippen molar-refractivity contribution < 1.29 is 57.1 Å². The van der Waals surface area contributed by atoms with Crippen molar-refractivity contribution in [2.75, 3.05) is 104 Å². The molecule has 2 N–H and O–H groups in total. The van der Waals surface area contributed by atoms with Crippen molar-refractivity contribution in [1.29, 1.82) is 0 Å². The van der Waals surface area contributed by atoms with Crippen LogP contribution < -0.4 is 10.6 Å². The van der Waals surface area contributed by atoms with E-state index in [4.69, 9.17) is 33.2 Å². The summed E-state index contributed by atoms with van der Waals surface area (Å²) in [5.41, 5.74) is 1.86. The average Bonchev–Trinajstić information content (AvgIpc) is 3.46. The number of benzene rings is 1. The van der Waals surface area contributed by atoms with Gasteiger partial charge in [0.25, 0.3) is 11.8 Å². The summed E-state index contributed by atoms with van der Waals surface area (Å²) in [4.78, 5) is 62.1. The molecule has 0 saturated carbocycles. The summed E-state index contributed by atoms with van der Waals surface area (Å²) in [7, 11) is 0. The van der Waals surface area contributed by atoms with Crippen LogP contribution in [0.1, 0.15) is 46.1 Å². The van der Waals surface area contributed by atoms with Crippen molar-refractivity contribution in [3.63, 3.8) is 0 Å². The number of carbonyl (C=O) groups excluding carboxylic acids is 5. The lowest BCUT2D eigenvalue weighted by Gasteiger charge is -2.23. The molecule has 0 aliphatic carbocycles. The van der Waals surface area contributed by atoms with Gasteiger partial charge in [0.2, 0.25) is 11.8 Å². The van der Waals surface area contributed by atoms with E-state index in [2.05, 4.69) is 17.6 Å². The number of ether oxygens (including phenoxy) is 7. The Morgan fingerprint density at radius 1 is 0.642 bits per heavy atom. The maximum Gasteiger partial charge on any atom is 0.253 e. The summed E-state index contributed by atoms with van der Waals surface area (Å²) in [5, 5.41) is 5.66. The lowest BCUT2D eigenvalue weighted by Crippen LogP contribution is -2.45. The van der Waals surface area contributed by atoms with E-state index in [-0.39, 0.29) is 67.9 Å². The molecule has 1 aromatic rings. The first kappa shape index (κ1) is 45.6. The summed E-state index contributed by atoms with van der Waals surface area (Å²) >= 11 is 0. The Morgan fingerprint density at radius 2 is 1.08 bits per heavy atom. The Kier molecular flexibility index (Phi) is 24.0. The second kappa shape index (κ2) is 28.0. The number of hydrogen-bond acceptors (Lipinski definition) is 12. The molecule has 1 aromatic carbocycles. The molecule has 15 heteroatoms. The van der Waals surface area contributed by atoms with Gasteiger partial charge in [-0.25, -0.2) is 0 Å². The van der Waals surface area contributed by atoms with Crippen LogP contribution in [0.3, 0.4) is 0 Å². The molecule has 1 heterocycles. The van der Waals surface area contributed by atoms with Gasteiger partial charge in [0, 0.05) is 36.6 Å². The first-order valence-electron chi connectivity index (χ1n) is 18.4. The second-order valence-electron chi connectivity index (χ2n) is 12.6. The Bertz CT molecular complexity index is 1240. The molecule has 4 amide bonds. The first-order valence-corrected chi connectivity index (χ1v) is 18.4. The minimum Gasteiger partial charge on any atom is -0.379 e. The summed E-state index contributed by atoms with van der Waals surface area (Å²) in [6.07, 6.45) is 3.53. The highest BCUT2D eigenvalue weighted by molar-refractivity contribution is 6.12. The zero-order valence-corrected chi connectivity index (χ0v) is 31.8. The highest BCUT2D eigenvalue weighted by Crippen LogP contribution is 2.15. The van der Waals surface area contributed by atoms with Crippen LogP contribution in [0.4, 0.5) is 5.69 Å². The molecular weight excluding hydrogens is 690 g/mol. The molecule has 53 heavy (non-hydrogen) atoms. The van der Waals surface area contributed by atoms with Gasteiger partial charge in [0.1, 0.15) is 0 Å². The van der Waals surface area contributed by atoms with Crippen molar-refractivity contribution in [2.24, 2.45) is 11.8 Å². The van der Waals surface area contributed by atoms with Crippen LogP contribution in [0, 0.1) is 11.8 Å². The molecule has 1 aliphatic rings. The van der Waals surface area contributed by atoms with Crippen LogP contribution in [0.25, 0.3) is 0 Å². The topological polar surface area (TPSA) is 177 Å². The molecule has 0 unspecified atom stereocenters. The standard InChI is InChI=1S/C38H59N3O12/c1-5-31-6-8-32(9-7-31)39-38(46)30(4)28-33(42)37(29(2)3)40-34(43)12-14-47-16-18-49-20-22-51-24-26-53-27-25-52-23-21-50-19-17-48-15-13-41-35(44)10-11-36(41)45/h6-11,29-30,37H,5,12-28H2,1-4H3,(H,39,46)(H,40,43)/t30-,37+/m1/s1. The number of rotatable bonds is 32. The molecule has 15 nitrogen and oxygen atoms in total. The second-order valence-corrected chi connectivity index (χ2v) is 12.6. The lowest BCUT2D eigenvalue weighted by atomic mass is 9.92. The molecule has 2 rings (SSSR count). The van der Waals surface area contributed by atoms with E-state index in [9.17, 15) is 24.0 Å². The van der Waals surface area contributed by atoms with Gasteiger partial charge in [0.05, 0.1) is 105 Å². The smallest absolute Gasteiger partial charge is 0.253 e. The number of Topliss-reactive ketones (excluding diaryl/α,β-unsaturated/α-hetero) is 1. The maximum absolute atomic E-state index is 13.0.